The van der Waals surface area contributed by atoms with E-state index < -0.39 is 33.6 Å². The molecule has 0 aliphatic carbocycles. The highest BCUT2D eigenvalue weighted by atomic mass is 32.3. The number of likely N-dealkylation sites (tertiary alicyclic amines) is 1. The number of rotatable bonds is 7. The van der Waals surface area contributed by atoms with Crippen molar-refractivity contribution in [1.29, 1.82) is 0 Å². The molecule has 1 atom stereocenters. The van der Waals surface area contributed by atoms with Crippen molar-refractivity contribution in [3.63, 3.8) is 0 Å². The molecule has 0 aromatic carbocycles. The van der Waals surface area contributed by atoms with Gasteiger partial charge in [-0.05, 0) is 27.2 Å². The van der Waals surface area contributed by atoms with Gasteiger partial charge in [0.15, 0.2) is 0 Å². The molecule has 0 aromatic rings. The molecule has 1 rings (SSSR count). The summed E-state index contributed by atoms with van der Waals surface area (Å²) >= 11 is 0. The highest BCUT2D eigenvalue weighted by Gasteiger charge is 2.33. The number of carbonyl (C=O) groups excluding carboxylic acids is 2. The minimum atomic E-state index is -4.59. The first-order valence-corrected chi connectivity index (χ1v) is 9.64. The minimum Gasteiger partial charge on any atom is -0.444 e. The standard InChI is InChI=1S/C15H27FN2O5S/c1-5-6-17(14(20)23-15(2,3)4)7-8-18-10-12(9-13(18)19)11-24(16,21)22/h12H,5-11H2,1-4H3. The molecule has 24 heavy (non-hydrogen) atoms. The fourth-order valence-electron chi connectivity index (χ4n) is 2.60. The average molecular weight is 366 g/mol. The van der Waals surface area contributed by atoms with Crippen LogP contribution in [-0.2, 0) is 19.8 Å². The van der Waals surface area contributed by atoms with Crippen molar-refractivity contribution in [3.8, 4) is 0 Å². The van der Waals surface area contributed by atoms with Crippen LogP contribution in [0.3, 0.4) is 0 Å². The second kappa shape index (κ2) is 8.13. The molecule has 1 aliphatic rings. The quantitative estimate of drug-likeness (QED) is 0.641. The Morgan fingerprint density at radius 2 is 2.00 bits per heavy atom. The van der Waals surface area contributed by atoms with Crippen LogP contribution in [0.25, 0.3) is 0 Å². The lowest BCUT2D eigenvalue weighted by Crippen LogP contribution is -2.42. The summed E-state index contributed by atoms with van der Waals surface area (Å²) in [5.41, 5.74) is -0.604. The molecule has 0 spiro atoms. The fraction of sp³-hybridized carbons (Fsp3) is 0.867. The SMILES string of the molecule is CCCN(CCN1CC(CS(=O)(=O)F)CC1=O)C(=O)OC(C)(C)C. The zero-order valence-corrected chi connectivity index (χ0v) is 15.6. The molecule has 1 aliphatic heterocycles. The molecule has 0 saturated carbocycles. The lowest BCUT2D eigenvalue weighted by Gasteiger charge is -2.28. The van der Waals surface area contributed by atoms with Crippen LogP contribution < -0.4 is 0 Å². The summed E-state index contributed by atoms with van der Waals surface area (Å²) in [6.45, 7) is 8.53. The van der Waals surface area contributed by atoms with Crippen molar-refractivity contribution in [3.05, 3.63) is 0 Å². The van der Waals surface area contributed by atoms with Crippen molar-refractivity contribution in [2.45, 2.75) is 46.1 Å². The van der Waals surface area contributed by atoms with Gasteiger partial charge in [0.1, 0.15) is 5.60 Å². The predicted molar refractivity (Wildman–Crippen MR) is 87.7 cm³/mol. The van der Waals surface area contributed by atoms with Crippen molar-refractivity contribution in [2.24, 2.45) is 5.92 Å². The number of halogens is 1. The largest absolute Gasteiger partial charge is 0.444 e. The van der Waals surface area contributed by atoms with Gasteiger partial charge in [-0.2, -0.15) is 8.42 Å². The number of hydrogen-bond acceptors (Lipinski definition) is 5. The fourth-order valence-corrected chi connectivity index (χ4v) is 3.38. The summed E-state index contributed by atoms with van der Waals surface area (Å²) in [5.74, 6) is -1.39. The van der Waals surface area contributed by atoms with E-state index in [9.17, 15) is 21.9 Å². The maximum Gasteiger partial charge on any atom is 0.410 e. The van der Waals surface area contributed by atoms with Gasteiger partial charge in [0, 0.05) is 38.5 Å². The molecule has 140 valence electrons. The third kappa shape index (κ3) is 7.46. The molecule has 9 heteroatoms. The monoisotopic (exact) mass is 366 g/mol. The molecule has 0 N–H and O–H groups in total. The molecule has 0 aromatic heterocycles. The predicted octanol–water partition coefficient (Wildman–Crippen LogP) is 1.78. The molecule has 1 heterocycles. The first kappa shape index (κ1) is 20.7. The summed E-state index contributed by atoms with van der Waals surface area (Å²) in [6.07, 6.45) is 0.318. The Balaban J connectivity index is 2.58. The zero-order chi connectivity index (χ0) is 18.5. The van der Waals surface area contributed by atoms with Gasteiger partial charge in [0.25, 0.3) is 0 Å². The van der Waals surface area contributed by atoms with E-state index in [1.54, 1.807) is 20.8 Å². The molecule has 0 radical (unpaired) electrons. The smallest absolute Gasteiger partial charge is 0.410 e. The Labute approximate surface area is 143 Å². The molecular formula is C15H27FN2O5S. The van der Waals surface area contributed by atoms with Crippen LogP contribution in [0.15, 0.2) is 0 Å². The Morgan fingerprint density at radius 3 is 2.50 bits per heavy atom. The van der Waals surface area contributed by atoms with Crippen LogP contribution in [0.1, 0.15) is 40.5 Å². The lowest BCUT2D eigenvalue weighted by atomic mass is 10.1. The second-order valence-corrected chi connectivity index (χ2v) is 8.49. The summed E-state index contributed by atoms with van der Waals surface area (Å²) in [5, 5.41) is 0. The van der Waals surface area contributed by atoms with Crippen molar-refractivity contribution in [1.82, 2.24) is 9.80 Å². The third-order valence-corrected chi connectivity index (χ3v) is 4.38. The van der Waals surface area contributed by atoms with E-state index >= 15 is 0 Å². The number of ether oxygens (including phenoxy) is 1. The normalized spacial score (nSPS) is 18.8. The minimum absolute atomic E-state index is 0.0172. The molecule has 1 unspecified atom stereocenters. The summed E-state index contributed by atoms with van der Waals surface area (Å²) in [6, 6.07) is 0. The van der Waals surface area contributed by atoms with E-state index in [4.69, 9.17) is 4.74 Å². The summed E-state index contributed by atoms with van der Waals surface area (Å²) in [4.78, 5) is 27.1. The van der Waals surface area contributed by atoms with Gasteiger partial charge in [-0.3, -0.25) is 4.79 Å². The van der Waals surface area contributed by atoms with Crippen molar-refractivity contribution in [2.75, 3.05) is 31.9 Å². The van der Waals surface area contributed by atoms with Gasteiger partial charge >= 0.3 is 16.3 Å². The van der Waals surface area contributed by atoms with E-state index in [1.807, 2.05) is 6.92 Å². The van der Waals surface area contributed by atoms with E-state index in [-0.39, 0.29) is 25.4 Å². The Bertz CT molecular complexity index is 559. The Kier molecular flexibility index (Phi) is 7.00. The van der Waals surface area contributed by atoms with Gasteiger partial charge in [-0.25, -0.2) is 4.79 Å². The van der Waals surface area contributed by atoms with Gasteiger partial charge in [0.05, 0.1) is 5.75 Å². The van der Waals surface area contributed by atoms with E-state index in [1.165, 1.54) is 9.80 Å². The van der Waals surface area contributed by atoms with Crippen LogP contribution in [0.5, 0.6) is 0 Å². The van der Waals surface area contributed by atoms with Gasteiger partial charge in [0.2, 0.25) is 5.91 Å². The van der Waals surface area contributed by atoms with Crippen LogP contribution in [-0.4, -0.2) is 67.8 Å². The highest BCUT2D eigenvalue weighted by molar-refractivity contribution is 7.86. The Hall–Kier alpha value is -1.38. The Morgan fingerprint density at radius 1 is 1.38 bits per heavy atom. The first-order chi connectivity index (χ1) is 10.9. The van der Waals surface area contributed by atoms with Crippen LogP contribution in [0.4, 0.5) is 8.68 Å². The summed E-state index contributed by atoms with van der Waals surface area (Å²) < 4.78 is 39.5. The maximum atomic E-state index is 12.7. The maximum absolute atomic E-state index is 12.7. The lowest BCUT2D eigenvalue weighted by molar-refractivity contribution is -0.127. The van der Waals surface area contributed by atoms with E-state index in [0.29, 0.717) is 13.1 Å². The molecule has 1 fully saturated rings. The molecular weight excluding hydrogens is 339 g/mol. The van der Waals surface area contributed by atoms with Gasteiger partial charge in [-0.15, -0.1) is 3.89 Å². The summed E-state index contributed by atoms with van der Waals surface area (Å²) in [7, 11) is -4.59. The number of carbonyl (C=O) groups is 2. The van der Waals surface area contributed by atoms with E-state index in [2.05, 4.69) is 0 Å². The van der Waals surface area contributed by atoms with Crippen molar-refractivity contribution < 1.29 is 26.6 Å². The zero-order valence-electron chi connectivity index (χ0n) is 14.7. The van der Waals surface area contributed by atoms with Gasteiger partial charge in [-0.1, -0.05) is 6.92 Å². The van der Waals surface area contributed by atoms with E-state index in [0.717, 1.165) is 6.42 Å². The molecule has 2 amide bonds. The molecule has 7 nitrogen and oxygen atoms in total. The molecule has 1 saturated heterocycles. The topological polar surface area (TPSA) is 84.0 Å². The van der Waals surface area contributed by atoms with Crippen LogP contribution >= 0.6 is 0 Å². The first-order valence-electron chi connectivity index (χ1n) is 8.09. The number of amides is 2. The molecule has 0 bridgehead atoms. The van der Waals surface area contributed by atoms with Crippen LogP contribution in [0.2, 0.25) is 0 Å². The average Bonchev–Trinajstić information content (AvgIpc) is 2.70. The van der Waals surface area contributed by atoms with Gasteiger partial charge < -0.3 is 14.5 Å². The number of hydrogen-bond donors (Lipinski definition) is 0. The van der Waals surface area contributed by atoms with Crippen LogP contribution in [0, 0.1) is 5.92 Å². The third-order valence-electron chi connectivity index (χ3n) is 3.51. The van der Waals surface area contributed by atoms with Crippen molar-refractivity contribution >= 4 is 22.2 Å². The highest BCUT2D eigenvalue weighted by Crippen LogP contribution is 2.20. The number of nitrogens with zero attached hydrogens (tertiary/aromatic N) is 2. The second-order valence-electron chi connectivity index (χ2n) is 7.08.